The molecule has 1 aliphatic rings. The van der Waals surface area contributed by atoms with Crippen molar-refractivity contribution in [3.8, 4) is 0 Å². The van der Waals surface area contributed by atoms with Crippen LogP contribution in [-0.2, 0) is 14.9 Å². The van der Waals surface area contributed by atoms with Crippen molar-refractivity contribution in [3.63, 3.8) is 0 Å². The van der Waals surface area contributed by atoms with E-state index in [0.29, 0.717) is 31.8 Å². The number of carbonyl (C=O) groups excluding carboxylic acids is 1. The summed E-state index contributed by atoms with van der Waals surface area (Å²) in [7, 11) is 0. The number of amides is 1. The Morgan fingerprint density at radius 1 is 1.35 bits per heavy atom. The molecular weight excluding hydrogens is 295 g/mol. The molecule has 0 spiro atoms. The number of ether oxygens (including phenoxy) is 1. The molecule has 1 heterocycles. The second-order valence-electron chi connectivity index (χ2n) is 6.61. The van der Waals surface area contributed by atoms with Gasteiger partial charge in [-0.2, -0.15) is 0 Å². The van der Waals surface area contributed by atoms with E-state index in [9.17, 15) is 9.18 Å². The van der Waals surface area contributed by atoms with Gasteiger partial charge in [-0.15, -0.1) is 0 Å². The quantitative estimate of drug-likeness (QED) is 0.819. The second kappa shape index (κ2) is 7.88. The number of nitrogens with two attached hydrogens (primary N) is 1. The maximum atomic E-state index is 14.0. The summed E-state index contributed by atoms with van der Waals surface area (Å²) in [6.07, 6.45) is 2.70. The van der Waals surface area contributed by atoms with E-state index in [-0.39, 0.29) is 17.8 Å². The van der Waals surface area contributed by atoms with Crippen molar-refractivity contribution in [1.29, 1.82) is 0 Å². The molecule has 1 fully saturated rings. The van der Waals surface area contributed by atoms with Gasteiger partial charge in [0.25, 0.3) is 0 Å². The number of likely N-dealkylation sites (tertiary alicyclic amines) is 1. The Bertz CT molecular complexity index is 526. The summed E-state index contributed by atoms with van der Waals surface area (Å²) < 4.78 is 19.8. The predicted octanol–water partition coefficient (Wildman–Crippen LogP) is 2.46. The van der Waals surface area contributed by atoms with Gasteiger partial charge in [-0.25, -0.2) is 4.39 Å². The van der Waals surface area contributed by atoms with Crippen molar-refractivity contribution < 1.29 is 13.9 Å². The topological polar surface area (TPSA) is 55.6 Å². The van der Waals surface area contributed by atoms with E-state index in [4.69, 9.17) is 10.5 Å². The van der Waals surface area contributed by atoms with Gasteiger partial charge in [0.2, 0.25) is 5.91 Å². The highest BCUT2D eigenvalue weighted by molar-refractivity contribution is 5.87. The third-order valence-corrected chi connectivity index (χ3v) is 4.51. The van der Waals surface area contributed by atoms with Crippen molar-refractivity contribution in [3.05, 3.63) is 35.6 Å². The van der Waals surface area contributed by atoms with E-state index < -0.39 is 5.41 Å². The summed E-state index contributed by atoms with van der Waals surface area (Å²) >= 11 is 0. The molecule has 1 aromatic carbocycles. The molecule has 4 nitrogen and oxygen atoms in total. The molecule has 1 aromatic rings. The summed E-state index contributed by atoms with van der Waals surface area (Å²) in [6.45, 7) is 6.20. The summed E-state index contributed by atoms with van der Waals surface area (Å²) in [6, 6.07) is 6.51. The van der Waals surface area contributed by atoms with Crippen molar-refractivity contribution in [2.45, 2.75) is 44.6 Å². The fraction of sp³-hybridized carbons (Fsp3) is 0.611. The number of hydrogen-bond donors (Lipinski definition) is 1. The SMILES string of the molecule is CC(C)(C(=O)N1CCC(OCCCN)CC1)c1ccccc1F. The van der Waals surface area contributed by atoms with E-state index in [2.05, 4.69) is 0 Å². The van der Waals surface area contributed by atoms with Crippen LogP contribution in [0, 0.1) is 5.82 Å². The van der Waals surface area contributed by atoms with E-state index in [1.807, 2.05) is 4.90 Å². The van der Waals surface area contributed by atoms with Gasteiger partial charge in [0.15, 0.2) is 0 Å². The van der Waals surface area contributed by atoms with Gasteiger partial charge in [0.05, 0.1) is 11.5 Å². The fourth-order valence-electron chi connectivity index (χ4n) is 3.04. The third kappa shape index (κ3) is 4.30. The Kier molecular flexibility index (Phi) is 6.13. The highest BCUT2D eigenvalue weighted by Gasteiger charge is 2.37. The smallest absolute Gasteiger partial charge is 0.232 e. The standard InChI is InChI=1S/C18H27FN2O2/c1-18(2,15-6-3-4-7-16(15)19)17(22)21-11-8-14(9-12-21)23-13-5-10-20/h3-4,6-7,14H,5,8-13,20H2,1-2H3. The Balaban J connectivity index is 1.95. The number of benzene rings is 1. The molecule has 128 valence electrons. The minimum atomic E-state index is -0.863. The molecule has 0 aliphatic carbocycles. The Morgan fingerprint density at radius 2 is 2.00 bits per heavy atom. The maximum Gasteiger partial charge on any atom is 0.232 e. The first-order valence-corrected chi connectivity index (χ1v) is 8.33. The number of nitrogens with zero attached hydrogens (tertiary/aromatic N) is 1. The molecule has 0 bridgehead atoms. The molecule has 0 atom stereocenters. The molecule has 2 rings (SSSR count). The molecule has 1 amide bonds. The van der Waals surface area contributed by atoms with Gasteiger partial charge >= 0.3 is 0 Å². The average Bonchev–Trinajstić information content (AvgIpc) is 2.55. The van der Waals surface area contributed by atoms with Crippen molar-refractivity contribution in [1.82, 2.24) is 4.90 Å². The van der Waals surface area contributed by atoms with Crippen LogP contribution in [-0.4, -0.2) is 43.2 Å². The number of piperidine rings is 1. The Hall–Kier alpha value is -1.46. The van der Waals surface area contributed by atoms with Crippen LogP contribution in [0.4, 0.5) is 4.39 Å². The van der Waals surface area contributed by atoms with Crippen LogP contribution >= 0.6 is 0 Å². The molecular formula is C18H27FN2O2. The summed E-state index contributed by atoms with van der Waals surface area (Å²) in [5.74, 6) is -0.353. The second-order valence-corrected chi connectivity index (χ2v) is 6.61. The first-order chi connectivity index (χ1) is 11.0. The zero-order valence-corrected chi connectivity index (χ0v) is 14.1. The van der Waals surface area contributed by atoms with Crippen molar-refractivity contribution >= 4 is 5.91 Å². The predicted molar refractivity (Wildman–Crippen MR) is 88.7 cm³/mol. The maximum absolute atomic E-state index is 14.0. The lowest BCUT2D eigenvalue weighted by Gasteiger charge is -2.37. The largest absolute Gasteiger partial charge is 0.378 e. The number of hydrogen-bond acceptors (Lipinski definition) is 3. The zero-order valence-electron chi connectivity index (χ0n) is 14.1. The molecule has 0 unspecified atom stereocenters. The summed E-state index contributed by atoms with van der Waals surface area (Å²) in [5, 5.41) is 0. The average molecular weight is 322 g/mol. The minimum absolute atomic E-state index is 0.0250. The lowest BCUT2D eigenvalue weighted by Crippen LogP contribution is -2.48. The Labute approximate surface area is 137 Å². The van der Waals surface area contributed by atoms with Gasteiger partial charge in [-0.3, -0.25) is 4.79 Å². The normalized spacial score (nSPS) is 16.6. The molecule has 0 radical (unpaired) electrons. The van der Waals surface area contributed by atoms with Crippen LogP contribution in [0.25, 0.3) is 0 Å². The monoisotopic (exact) mass is 322 g/mol. The van der Waals surface area contributed by atoms with Gasteiger partial charge in [-0.05, 0) is 45.7 Å². The van der Waals surface area contributed by atoms with E-state index in [1.165, 1.54) is 6.07 Å². The molecule has 1 aliphatic heterocycles. The van der Waals surface area contributed by atoms with E-state index in [0.717, 1.165) is 19.3 Å². The number of halogens is 1. The number of rotatable bonds is 6. The molecule has 23 heavy (non-hydrogen) atoms. The number of carbonyl (C=O) groups is 1. The molecule has 0 saturated carbocycles. The molecule has 5 heteroatoms. The molecule has 1 saturated heterocycles. The minimum Gasteiger partial charge on any atom is -0.378 e. The zero-order chi connectivity index (χ0) is 16.9. The van der Waals surface area contributed by atoms with Crippen LogP contribution in [0.2, 0.25) is 0 Å². The summed E-state index contributed by atoms with van der Waals surface area (Å²) in [5.41, 5.74) is 5.05. The lowest BCUT2D eigenvalue weighted by molar-refractivity contribution is -0.139. The van der Waals surface area contributed by atoms with Crippen LogP contribution in [0.5, 0.6) is 0 Å². The first-order valence-electron chi connectivity index (χ1n) is 8.33. The van der Waals surface area contributed by atoms with Crippen LogP contribution < -0.4 is 5.73 Å². The van der Waals surface area contributed by atoms with Crippen molar-refractivity contribution in [2.24, 2.45) is 5.73 Å². The lowest BCUT2D eigenvalue weighted by atomic mass is 9.82. The molecule has 0 aromatic heterocycles. The highest BCUT2D eigenvalue weighted by Crippen LogP contribution is 2.29. The Morgan fingerprint density at radius 3 is 2.61 bits per heavy atom. The van der Waals surface area contributed by atoms with E-state index in [1.54, 1.807) is 32.0 Å². The summed E-state index contributed by atoms with van der Waals surface area (Å²) in [4.78, 5) is 14.7. The van der Waals surface area contributed by atoms with Gasteiger partial charge < -0.3 is 15.4 Å². The first kappa shape index (κ1) is 17.9. The van der Waals surface area contributed by atoms with E-state index >= 15 is 0 Å². The highest BCUT2D eigenvalue weighted by atomic mass is 19.1. The van der Waals surface area contributed by atoms with Crippen LogP contribution in [0.3, 0.4) is 0 Å². The molecule has 2 N–H and O–H groups in total. The van der Waals surface area contributed by atoms with Crippen LogP contribution in [0.15, 0.2) is 24.3 Å². The third-order valence-electron chi connectivity index (χ3n) is 4.51. The van der Waals surface area contributed by atoms with Gasteiger partial charge in [0, 0.05) is 25.3 Å². The van der Waals surface area contributed by atoms with Crippen molar-refractivity contribution in [2.75, 3.05) is 26.2 Å². The fourth-order valence-corrected chi connectivity index (χ4v) is 3.04. The van der Waals surface area contributed by atoms with Crippen LogP contribution in [0.1, 0.15) is 38.7 Å². The van der Waals surface area contributed by atoms with Gasteiger partial charge in [-0.1, -0.05) is 18.2 Å². The van der Waals surface area contributed by atoms with Gasteiger partial charge in [0.1, 0.15) is 5.82 Å².